The molecule has 1 aromatic rings. The zero-order valence-corrected chi connectivity index (χ0v) is 13.4. The van der Waals surface area contributed by atoms with Gasteiger partial charge >= 0.3 is 0 Å². The van der Waals surface area contributed by atoms with Gasteiger partial charge in [0.25, 0.3) is 0 Å². The van der Waals surface area contributed by atoms with Crippen LogP contribution < -0.4 is 4.72 Å². The highest BCUT2D eigenvalue weighted by Crippen LogP contribution is 2.32. The first-order valence-corrected chi connectivity index (χ1v) is 7.82. The van der Waals surface area contributed by atoms with E-state index in [-0.39, 0.29) is 10.8 Å². The molecule has 0 bridgehead atoms. The first kappa shape index (κ1) is 15.2. The molecular weight excluding hydrogens is 242 g/mol. The van der Waals surface area contributed by atoms with Crippen LogP contribution in [0.1, 0.15) is 52.7 Å². The van der Waals surface area contributed by atoms with E-state index in [9.17, 15) is 4.21 Å². The summed E-state index contributed by atoms with van der Waals surface area (Å²) in [6, 6.07) is 6.44. The third-order valence-corrected chi connectivity index (χ3v) is 3.45. The van der Waals surface area contributed by atoms with Crippen molar-refractivity contribution in [3.05, 3.63) is 29.3 Å². The van der Waals surface area contributed by atoms with Crippen LogP contribution in [0.2, 0.25) is 0 Å². The van der Waals surface area contributed by atoms with Gasteiger partial charge in [-0.15, -0.1) is 0 Å². The van der Waals surface area contributed by atoms with E-state index in [0.29, 0.717) is 0 Å². The zero-order chi connectivity index (χ0) is 14.1. The van der Waals surface area contributed by atoms with Crippen molar-refractivity contribution < 1.29 is 4.21 Å². The summed E-state index contributed by atoms with van der Waals surface area (Å²) in [6.07, 6.45) is 1.65. The summed E-state index contributed by atoms with van der Waals surface area (Å²) in [5.41, 5.74) is 3.65. The Bertz CT molecular complexity index is 420. The molecule has 0 aliphatic rings. The van der Waals surface area contributed by atoms with Crippen LogP contribution in [0.3, 0.4) is 0 Å². The van der Waals surface area contributed by atoms with E-state index in [2.05, 4.69) is 64.5 Å². The molecule has 0 aromatic heterocycles. The van der Waals surface area contributed by atoms with Gasteiger partial charge in [-0.25, -0.2) is 4.21 Å². The van der Waals surface area contributed by atoms with Crippen LogP contribution in [0.15, 0.2) is 18.2 Å². The smallest absolute Gasteiger partial charge is 0.113 e. The fourth-order valence-corrected chi connectivity index (χ4v) is 2.17. The number of anilines is 1. The number of benzene rings is 1. The van der Waals surface area contributed by atoms with Gasteiger partial charge in [0, 0.05) is 11.9 Å². The maximum atomic E-state index is 11.3. The molecule has 102 valence electrons. The molecule has 3 heteroatoms. The average Bonchev–Trinajstić information content (AvgIpc) is 2.13. The van der Waals surface area contributed by atoms with Gasteiger partial charge in [-0.2, -0.15) is 0 Å². The normalized spacial score (nSPS) is 14.4. The first-order valence-electron chi connectivity index (χ1n) is 6.26. The molecule has 0 spiro atoms. The molecule has 1 rings (SSSR count). The second-order valence-electron chi connectivity index (χ2n) is 6.86. The predicted molar refractivity (Wildman–Crippen MR) is 81.5 cm³/mol. The number of rotatable bonds is 2. The quantitative estimate of drug-likeness (QED) is 0.862. The molecule has 18 heavy (non-hydrogen) atoms. The topological polar surface area (TPSA) is 29.1 Å². The van der Waals surface area contributed by atoms with Crippen LogP contribution in [-0.2, 0) is 21.8 Å². The predicted octanol–water partition coefficient (Wildman–Crippen LogP) is 3.99. The summed E-state index contributed by atoms with van der Waals surface area (Å²) in [7, 11) is -1.04. The summed E-state index contributed by atoms with van der Waals surface area (Å²) in [5, 5.41) is 0. The van der Waals surface area contributed by atoms with Crippen LogP contribution in [0.4, 0.5) is 5.69 Å². The van der Waals surface area contributed by atoms with E-state index in [1.807, 2.05) is 0 Å². The van der Waals surface area contributed by atoms with Crippen molar-refractivity contribution in [3.63, 3.8) is 0 Å². The average molecular weight is 267 g/mol. The van der Waals surface area contributed by atoms with Gasteiger partial charge in [0.2, 0.25) is 0 Å². The van der Waals surface area contributed by atoms with Crippen molar-refractivity contribution in [1.29, 1.82) is 0 Å². The third-order valence-electron chi connectivity index (χ3n) is 2.93. The van der Waals surface area contributed by atoms with Crippen molar-refractivity contribution in [3.8, 4) is 0 Å². The summed E-state index contributed by atoms with van der Waals surface area (Å²) < 4.78 is 14.3. The van der Waals surface area contributed by atoms with E-state index >= 15 is 0 Å². The summed E-state index contributed by atoms with van der Waals surface area (Å²) >= 11 is 0. The maximum Gasteiger partial charge on any atom is 0.113 e. The second-order valence-corrected chi connectivity index (χ2v) is 7.97. The molecule has 0 aliphatic carbocycles. The van der Waals surface area contributed by atoms with E-state index in [0.717, 1.165) is 5.69 Å². The molecule has 0 saturated carbocycles. The summed E-state index contributed by atoms with van der Waals surface area (Å²) in [6.45, 7) is 13.2. The second kappa shape index (κ2) is 5.04. The Morgan fingerprint density at radius 1 is 0.889 bits per heavy atom. The molecule has 1 atom stereocenters. The Labute approximate surface area is 114 Å². The minimum absolute atomic E-state index is 0.0902. The van der Waals surface area contributed by atoms with E-state index < -0.39 is 11.0 Å². The highest BCUT2D eigenvalue weighted by Gasteiger charge is 2.20. The SMILES string of the molecule is CS(=O)Nc1cc(C(C)(C)C)cc(C(C)(C)C)c1. The van der Waals surface area contributed by atoms with Gasteiger partial charge in [0.15, 0.2) is 0 Å². The first-order chi connectivity index (χ1) is 8.00. The lowest BCUT2D eigenvalue weighted by molar-refractivity contribution is 0.569. The lowest BCUT2D eigenvalue weighted by Crippen LogP contribution is -2.17. The molecule has 0 fully saturated rings. The van der Waals surface area contributed by atoms with E-state index in [1.54, 1.807) is 6.26 Å². The fourth-order valence-electron chi connectivity index (χ4n) is 1.72. The van der Waals surface area contributed by atoms with Gasteiger partial charge in [-0.05, 0) is 34.1 Å². The van der Waals surface area contributed by atoms with Crippen molar-refractivity contribution in [2.24, 2.45) is 0 Å². The van der Waals surface area contributed by atoms with Gasteiger partial charge in [-0.1, -0.05) is 47.6 Å². The van der Waals surface area contributed by atoms with Gasteiger partial charge in [-0.3, -0.25) is 0 Å². The highest BCUT2D eigenvalue weighted by atomic mass is 32.2. The molecule has 0 heterocycles. The van der Waals surface area contributed by atoms with Crippen molar-refractivity contribution in [2.45, 2.75) is 52.4 Å². The molecule has 2 nitrogen and oxygen atoms in total. The summed E-state index contributed by atoms with van der Waals surface area (Å²) in [4.78, 5) is 0. The summed E-state index contributed by atoms with van der Waals surface area (Å²) in [5.74, 6) is 0. The monoisotopic (exact) mass is 267 g/mol. The van der Waals surface area contributed by atoms with Crippen LogP contribution in [0.25, 0.3) is 0 Å². The molecule has 1 N–H and O–H groups in total. The Morgan fingerprint density at radius 3 is 1.56 bits per heavy atom. The van der Waals surface area contributed by atoms with Crippen molar-refractivity contribution in [2.75, 3.05) is 11.0 Å². The van der Waals surface area contributed by atoms with Gasteiger partial charge in [0.1, 0.15) is 11.0 Å². The maximum absolute atomic E-state index is 11.3. The Morgan fingerprint density at radius 2 is 1.28 bits per heavy atom. The number of hydrogen-bond acceptors (Lipinski definition) is 1. The highest BCUT2D eigenvalue weighted by molar-refractivity contribution is 7.85. The zero-order valence-electron chi connectivity index (χ0n) is 12.5. The van der Waals surface area contributed by atoms with Crippen molar-refractivity contribution in [1.82, 2.24) is 0 Å². The van der Waals surface area contributed by atoms with Crippen LogP contribution in [-0.4, -0.2) is 10.5 Å². The molecule has 0 radical (unpaired) electrons. The number of hydrogen-bond donors (Lipinski definition) is 1. The number of nitrogens with one attached hydrogen (secondary N) is 1. The van der Waals surface area contributed by atoms with Crippen LogP contribution in [0, 0.1) is 0 Å². The lowest BCUT2D eigenvalue weighted by atomic mass is 9.80. The van der Waals surface area contributed by atoms with Gasteiger partial charge < -0.3 is 4.72 Å². The Hall–Kier alpha value is -0.830. The van der Waals surface area contributed by atoms with Crippen LogP contribution in [0.5, 0.6) is 0 Å². The molecule has 0 saturated heterocycles. The Kier molecular flexibility index (Phi) is 4.26. The minimum atomic E-state index is -1.04. The molecule has 0 aliphatic heterocycles. The van der Waals surface area contributed by atoms with E-state index in [4.69, 9.17) is 0 Å². The fraction of sp³-hybridized carbons (Fsp3) is 0.600. The van der Waals surface area contributed by atoms with Crippen LogP contribution >= 0.6 is 0 Å². The van der Waals surface area contributed by atoms with E-state index in [1.165, 1.54) is 11.1 Å². The van der Waals surface area contributed by atoms with Gasteiger partial charge in [0.05, 0.1) is 0 Å². The van der Waals surface area contributed by atoms with Crippen molar-refractivity contribution >= 4 is 16.7 Å². The molecule has 1 aromatic carbocycles. The molecule has 0 amide bonds. The molecule has 1 unspecified atom stereocenters. The largest absolute Gasteiger partial charge is 0.305 e. The minimum Gasteiger partial charge on any atom is -0.305 e. The molecular formula is C15H25NOS. The standard InChI is InChI=1S/C15H25NOS/c1-14(2,3)11-8-12(15(4,5)6)10-13(9-11)16-18(7)17/h8-10,16H,1-7H3. The Balaban J connectivity index is 3.34. The third kappa shape index (κ3) is 4.13. The lowest BCUT2D eigenvalue weighted by Gasteiger charge is -2.26.